The first kappa shape index (κ1) is 28.6. The van der Waals surface area contributed by atoms with E-state index < -0.39 is 0 Å². The number of nitrogens with zero attached hydrogens (tertiary/aromatic N) is 3. The smallest absolute Gasteiger partial charge is 0.136 e. The number of benzene rings is 7. The molecule has 2 aromatic heterocycles. The van der Waals surface area contributed by atoms with Gasteiger partial charge in [0, 0.05) is 27.5 Å². The van der Waals surface area contributed by atoms with Crippen LogP contribution in [0.1, 0.15) is 0 Å². The van der Waals surface area contributed by atoms with Crippen molar-refractivity contribution in [2.24, 2.45) is 0 Å². The Morgan fingerprint density at radius 2 is 0.837 bits per heavy atom. The third kappa shape index (κ3) is 4.98. The van der Waals surface area contributed by atoms with Crippen LogP contribution in [-0.4, -0.2) is 15.4 Å². The lowest BCUT2D eigenvalue weighted by molar-refractivity contribution is 0.669. The first-order valence-corrected chi connectivity index (χ1v) is 16.4. The molecule has 0 spiro atoms. The zero-order chi connectivity index (χ0) is 32.6. The molecule has 0 radical (unpaired) electrons. The van der Waals surface area contributed by atoms with Crippen LogP contribution in [0.25, 0.3) is 89.0 Å². The van der Waals surface area contributed by atoms with Crippen molar-refractivity contribution in [2.45, 2.75) is 0 Å². The first-order valence-electron chi connectivity index (χ1n) is 16.4. The van der Waals surface area contributed by atoms with Gasteiger partial charge in [0.05, 0.1) is 0 Å². The van der Waals surface area contributed by atoms with Crippen LogP contribution >= 0.6 is 0 Å². The van der Waals surface area contributed by atoms with E-state index in [2.05, 4.69) is 133 Å². The minimum absolute atomic E-state index is 0.761. The van der Waals surface area contributed by atoms with E-state index in [1.165, 1.54) is 0 Å². The number of para-hydroxylation sites is 1. The summed E-state index contributed by atoms with van der Waals surface area (Å²) < 4.78 is 6.37. The molecule has 230 valence electrons. The van der Waals surface area contributed by atoms with E-state index in [0.717, 1.165) is 89.0 Å². The molecule has 0 bridgehead atoms. The van der Waals surface area contributed by atoms with Crippen molar-refractivity contribution >= 4 is 21.9 Å². The Labute approximate surface area is 284 Å². The first-order chi connectivity index (χ1) is 24.3. The second-order valence-corrected chi connectivity index (χ2v) is 12.0. The van der Waals surface area contributed by atoms with Crippen LogP contribution in [-0.2, 0) is 0 Å². The highest BCUT2D eigenvalue weighted by molar-refractivity contribution is 6.15. The van der Waals surface area contributed by atoms with Gasteiger partial charge in [0.25, 0.3) is 0 Å². The van der Waals surface area contributed by atoms with Crippen molar-refractivity contribution in [1.29, 1.82) is 0 Å². The van der Waals surface area contributed by atoms with E-state index in [4.69, 9.17) is 14.6 Å². The van der Waals surface area contributed by atoms with E-state index in [1.54, 1.807) is 0 Å². The number of hydrogen-bond acceptors (Lipinski definition) is 4. The fourth-order valence-corrected chi connectivity index (χ4v) is 7.01. The van der Waals surface area contributed by atoms with Crippen LogP contribution in [0.15, 0.2) is 180 Å². The SMILES string of the molecule is c1ccc(-c2ccccc2-c2c(-c3ccccc3)nnnc2-c2c(-c3ccccc3)cccc2-c2cccc3oc4ccccc4c23)cc1. The van der Waals surface area contributed by atoms with E-state index in [-0.39, 0.29) is 0 Å². The summed E-state index contributed by atoms with van der Waals surface area (Å²) >= 11 is 0. The van der Waals surface area contributed by atoms with E-state index >= 15 is 0 Å². The van der Waals surface area contributed by atoms with E-state index in [1.807, 2.05) is 48.5 Å². The van der Waals surface area contributed by atoms with Crippen LogP contribution in [0, 0.1) is 0 Å². The van der Waals surface area contributed by atoms with E-state index in [0.29, 0.717) is 0 Å². The Hall–Kier alpha value is -6.65. The molecule has 0 N–H and O–H groups in total. The lowest BCUT2D eigenvalue weighted by Gasteiger charge is -2.21. The Morgan fingerprint density at radius 1 is 0.327 bits per heavy atom. The average Bonchev–Trinajstić information content (AvgIpc) is 3.57. The number of hydrogen-bond donors (Lipinski definition) is 0. The van der Waals surface area contributed by atoms with Crippen molar-refractivity contribution in [3.8, 4) is 67.0 Å². The van der Waals surface area contributed by atoms with Gasteiger partial charge in [-0.3, -0.25) is 0 Å². The summed E-state index contributed by atoms with van der Waals surface area (Å²) in [6.45, 7) is 0. The molecule has 2 heterocycles. The van der Waals surface area contributed by atoms with Gasteiger partial charge in [-0.2, -0.15) is 0 Å². The second kappa shape index (κ2) is 12.2. The summed E-state index contributed by atoms with van der Waals surface area (Å²) in [5.41, 5.74) is 13.6. The van der Waals surface area contributed by atoms with Crippen LogP contribution in [0.3, 0.4) is 0 Å². The summed E-state index contributed by atoms with van der Waals surface area (Å²) in [7, 11) is 0. The van der Waals surface area contributed by atoms with Crippen molar-refractivity contribution in [2.75, 3.05) is 0 Å². The number of aromatic nitrogens is 3. The predicted molar refractivity (Wildman–Crippen MR) is 200 cm³/mol. The summed E-state index contributed by atoms with van der Waals surface area (Å²) in [6, 6.07) is 60.8. The fourth-order valence-electron chi connectivity index (χ4n) is 7.01. The van der Waals surface area contributed by atoms with Crippen molar-refractivity contribution in [3.63, 3.8) is 0 Å². The summed E-state index contributed by atoms with van der Waals surface area (Å²) in [5, 5.41) is 16.3. The summed E-state index contributed by atoms with van der Waals surface area (Å²) in [4.78, 5) is 0. The molecule has 0 fully saturated rings. The summed E-state index contributed by atoms with van der Waals surface area (Å²) in [6.07, 6.45) is 0. The molecule has 9 aromatic rings. The Bertz CT molecular complexity index is 2590. The van der Waals surface area contributed by atoms with Gasteiger partial charge in [-0.1, -0.05) is 164 Å². The number of fused-ring (bicyclic) bond motifs is 3. The monoisotopic (exact) mass is 627 g/mol. The second-order valence-electron chi connectivity index (χ2n) is 12.0. The molecular weight excluding hydrogens is 599 g/mol. The molecular formula is C45H29N3O. The van der Waals surface area contributed by atoms with E-state index in [9.17, 15) is 0 Å². The predicted octanol–water partition coefficient (Wildman–Crippen LogP) is 11.8. The lowest BCUT2D eigenvalue weighted by Crippen LogP contribution is -2.03. The quantitative estimate of drug-likeness (QED) is 0.184. The van der Waals surface area contributed by atoms with Gasteiger partial charge in [0.15, 0.2) is 0 Å². The van der Waals surface area contributed by atoms with Crippen molar-refractivity contribution < 1.29 is 4.42 Å². The van der Waals surface area contributed by atoms with Gasteiger partial charge < -0.3 is 4.42 Å². The van der Waals surface area contributed by atoms with Crippen LogP contribution in [0.5, 0.6) is 0 Å². The number of furan rings is 1. The molecule has 0 amide bonds. The highest BCUT2D eigenvalue weighted by atomic mass is 16.3. The van der Waals surface area contributed by atoms with Gasteiger partial charge in [-0.25, -0.2) is 0 Å². The summed E-state index contributed by atoms with van der Waals surface area (Å²) in [5.74, 6) is 0. The third-order valence-electron chi connectivity index (χ3n) is 9.17. The minimum Gasteiger partial charge on any atom is -0.456 e. The van der Waals surface area contributed by atoms with Gasteiger partial charge in [-0.15, -0.1) is 10.2 Å². The molecule has 0 aliphatic heterocycles. The van der Waals surface area contributed by atoms with Gasteiger partial charge >= 0.3 is 0 Å². The molecule has 0 saturated carbocycles. The molecule has 9 rings (SSSR count). The molecule has 7 aromatic carbocycles. The standard InChI is InChI=1S/C45H29N3O/c1-4-16-30(17-5-1)33-22-10-11-23-35(33)43-44(32-20-8-3-9-21-32)46-48-47-45(43)42-34(31-18-6-2-7-19-31)25-14-26-37(42)36-27-15-29-40-41(36)38-24-12-13-28-39(38)49-40/h1-29H. The van der Waals surface area contributed by atoms with Gasteiger partial charge in [-0.05, 0) is 56.3 Å². The third-order valence-corrected chi connectivity index (χ3v) is 9.17. The zero-order valence-electron chi connectivity index (χ0n) is 26.5. The van der Waals surface area contributed by atoms with Crippen LogP contribution in [0.2, 0.25) is 0 Å². The molecule has 4 nitrogen and oxygen atoms in total. The normalized spacial score (nSPS) is 11.3. The fraction of sp³-hybridized carbons (Fsp3) is 0. The maximum atomic E-state index is 6.37. The topological polar surface area (TPSA) is 51.8 Å². The molecule has 4 heteroatoms. The van der Waals surface area contributed by atoms with Gasteiger partial charge in [0.1, 0.15) is 22.6 Å². The molecule has 0 aliphatic rings. The highest BCUT2D eigenvalue weighted by Gasteiger charge is 2.26. The Kier molecular flexibility index (Phi) is 7.10. The van der Waals surface area contributed by atoms with Crippen LogP contribution < -0.4 is 0 Å². The lowest BCUT2D eigenvalue weighted by atomic mass is 9.84. The largest absolute Gasteiger partial charge is 0.456 e. The van der Waals surface area contributed by atoms with Crippen molar-refractivity contribution in [3.05, 3.63) is 176 Å². The maximum absolute atomic E-state index is 6.37. The van der Waals surface area contributed by atoms with Crippen molar-refractivity contribution in [1.82, 2.24) is 15.4 Å². The Morgan fingerprint density at radius 3 is 1.59 bits per heavy atom. The van der Waals surface area contributed by atoms with Gasteiger partial charge in [0.2, 0.25) is 0 Å². The number of rotatable bonds is 6. The molecule has 49 heavy (non-hydrogen) atoms. The molecule has 0 unspecified atom stereocenters. The zero-order valence-corrected chi connectivity index (χ0v) is 26.5. The van der Waals surface area contributed by atoms with Crippen LogP contribution in [0.4, 0.5) is 0 Å². The molecule has 0 saturated heterocycles. The Balaban J connectivity index is 1.43. The average molecular weight is 628 g/mol. The molecule has 0 aliphatic carbocycles. The maximum Gasteiger partial charge on any atom is 0.136 e. The highest BCUT2D eigenvalue weighted by Crippen LogP contribution is 2.48. The molecule has 0 atom stereocenters. The minimum atomic E-state index is 0.761.